The Kier molecular flexibility index (Phi) is 7.88. The molecule has 2 atom stereocenters. The van der Waals surface area contributed by atoms with Crippen molar-refractivity contribution in [3.63, 3.8) is 0 Å². The molecule has 0 aliphatic carbocycles. The minimum atomic E-state index is -0.255. The molecule has 1 fully saturated rings. The minimum absolute atomic E-state index is 0.0615. The maximum Gasteiger partial charge on any atom is 0.224 e. The summed E-state index contributed by atoms with van der Waals surface area (Å²) in [5.74, 6) is 0.425. The number of rotatable bonds is 8. The highest BCUT2D eigenvalue weighted by Gasteiger charge is 2.24. The molecule has 2 unspecified atom stereocenters. The summed E-state index contributed by atoms with van der Waals surface area (Å²) in [7, 11) is 4.23. The van der Waals surface area contributed by atoms with Crippen molar-refractivity contribution in [1.82, 2.24) is 15.1 Å². The Balaban J connectivity index is 1.70. The van der Waals surface area contributed by atoms with Gasteiger partial charge >= 0.3 is 0 Å². The van der Waals surface area contributed by atoms with Crippen molar-refractivity contribution < 1.29 is 4.79 Å². The standard InChI is InChI=1S/C20H34N4O/c1-16(19(21)18-7-5-4-6-8-18)20(25)22-15-17-9-11-24(12-10-17)14-13-23(2)3/h4-8,16-17,19H,9-15,21H2,1-3H3,(H,22,25). The van der Waals surface area contributed by atoms with Crippen molar-refractivity contribution >= 4 is 5.91 Å². The Labute approximate surface area is 152 Å². The first-order valence-corrected chi connectivity index (χ1v) is 9.42. The Morgan fingerprint density at radius 3 is 2.52 bits per heavy atom. The molecule has 1 heterocycles. The van der Waals surface area contributed by atoms with Crippen molar-refractivity contribution in [2.45, 2.75) is 25.8 Å². The highest BCUT2D eigenvalue weighted by Crippen LogP contribution is 2.20. The first-order valence-electron chi connectivity index (χ1n) is 9.42. The molecule has 1 aromatic carbocycles. The third-order valence-electron chi connectivity index (χ3n) is 5.27. The maximum atomic E-state index is 12.4. The number of likely N-dealkylation sites (tertiary alicyclic amines) is 1. The molecule has 25 heavy (non-hydrogen) atoms. The molecule has 140 valence electrons. The molecule has 1 amide bonds. The Morgan fingerprint density at radius 2 is 1.92 bits per heavy atom. The summed E-state index contributed by atoms with van der Waals surface area (Å²) in [5, 5.41) is 3.12. The van der Waals surface area contributed by atoms with Crippen molar-refractivity contribution in [1.29, 1.82) is 0 Å². The zero-order valence-corrected chi connectivity index (χ0v) is 15.9. The number of likely N-dealkylation sites (N-methyl/N-ethyl adjacent to an activating group) is 1. The van der Waals surface area contributed by atoms with E-state index in [1.165, 1.54) is 0 Å². The third-order valence-corrected chi connectivity index (χ3v) is 5.27. The quantitative estimate of drug-likeness (QED) is 0.752. The van der Waals surface area contributed by atoms with Gasteiger partial charge in [0.2, 0.25) is 5.91 Å². The van der Waals surface area contributed by atoms with E-state index in [0.29, 0.717) is 5.92 Å². The first kappa shape index (κ1) is 19.9. The van der Waals surface area contributed by atoms with E-state index in [0.717, 1.165) is 51.1 Å². The first-order chi connectivity index (χ1) is 12.0. The summed E-state index contributed by atoms with van der Waals surface area (Å²) in [4.78, 5) is 17.2. The molecule has 0 spiro atoms. The van der Waals surface area contributed by atoms with Gasteiger partial charge in [-0.2, -0.15) is 0 Å². The number of carbonyl (C=O) groups is 1. The molecule has 1 aliphatic rings. The summed E-state index contributed by atoms with van der Waals surface area (Å²) in [6.45, 7) is 7.19. The van der Waals surface area contributed by atoms with Gasteiger partial charge in [0.25, 0.3) is 0 Å². The van der Waals surface area contributed by atoms with Crippen molar-refractivity contribution in [3.8, 4) is 0 Å². The lowest BCUT2D eigenvalue weighted by Crippen LogP contribution is -2.42. The average Bonchev–Trinajstić information content (AvgIpc) is 2.64. The van der Waals surface area contributed by atoms with Gasteiger partial charge in [-0.3, -0.25) is 4.79 Å². The van der Waals surface area contributed by atoms with Crippen molar-refractivity contribution in [2.24, 2.45) is 17.6 Å². The van der Waals surface area contributed by atoms with E-state index in [4.69, 9.17) is 5.73 Å². The lowest BCUT2D eigenvalue weighted by atomic mass is 9.93. The summed E-state index contributed by atoms with van der Waals surface area (Å²) >= 11 is 0. The van der Waals surface area contributed by atoms with Gasteiger partial charge in [-0.05, 0) is 51.5 Å². The molecule has 0 bridgehead atoms. The average molecular weight is 347 g/mol. The Morgan fingerprint density at radius 1 is 1.28 bits per heavy atom. The fourth-order valence-corrected chi connectivity index (χ4v) is 3.29. The number of hydrogen-bond acceptors (Lipinski definition) is 4. The van der Waals surface area contributed by atoms with Gasteiger partial charge in [0.1, 0.15) is 0 Å². The van der Waals surface area contributed by atoms with Crippen molar-refractivity contribution in [3.05, 3.63) is 35.9 Å². The van der Waals surface area contributed by atoms with Gasteiger partial charge < -0.3 is 20.9 Å². The molecule has 0 saturated carbocycles. The number of carbonyl (C=O) groups excluding carboxylic acids is 1. The molecule has 0 radical (unpaired) electrons. The molecule has 1 saturated heterocycles. The third kappa shape index (κ3) is 6.42. The van der Waals surface area contributed by atoms with Gasteiger partial charge in [-0.1, -0.05) is 37.3 Å². The van der Waals surface area contributed by atoms with Crippen LogP contribution in [0.3, 0.4) is 0 Å². The van der Waals surface area contributed by atoms with E-state index in [2.05, 4.69) is 29.2 Å². The largest absolute Gasteiger partial charge is 0.356 e. The summed E-state index contributed by atoms with van der Waals surface area (Å²) in [6.07, 6.45) is 2.32. The molecule has 5 nitrogen and oxygen atoms in total. The molecule has 5 heteroatoms. The molecular formula is C20H34N4O. The number of nitrogens with two attached hydrogens (primary N) is 1. The van der Waals surface area contributed by atoms with E-state index in [1.54, 1.807) is 0 Å². The van der Waals surface area contributed by atoms with Gasteiger partial charge in [0, 0.05) is 25.7 Å². The summed E-state index contributed by atoms with van der Waals surface area (Å²) < 4.78 is 0. The van der Waals surface area contributed by atoms with Crippen molar-refractivity contribution in [2.75, 3.05) is 46.8 Å². The predicted molar refractivity (Wildman–Crippen MR) is 103 cm³/mol. The van der Waals surface area contributed by atoms with E-state index >= 15 is 0 Å². The predicted octanol–water partition coefficient (Wildman–Crippen LogP) is 1.71. The fourth-order valence-electron chi connectivity index (χ4n) is 3.29. The molecule has 1 aliphatic heterocycles. The van der Waals surface area contributed by atoms with Gasteiger partial charge in [-0.15, -0.1) is 0 Å². The van der Waals surface area contributed by atoms with Crippen LogP contribution in [0, 0.1) is 11.8 Å². The second-order valence-electron chi connectivity index (χ2n) is 7.56. The monoisotopic (exact) mass is 346 g/mol. The summed E-state index contributed by atoms with van der Waals surface area (Å²) in [5.41, 5.74) is 7.27. The summed E-state index contributed by atoms with van der Waals surface area (Å²) in [6, 6.07) is 9.60. The molecule has 0 aromatic heterocycles. The number of nitrogens with zero attached hydrogens (tertiary/aromatic N) is 2. The lowest BCUT2D eigenvalue weighted by molar-refractivity contribution is -0.125. The van der Waals surface area contributed by atoms with E-state index < -0.39 is 0 Å². The normalized spacial score (nSPS) is 18.9. The Bertz CT molecular complexity index is 512. The van der Waals surface area contributed by atoms with Gasteiger partial charge in [0.05, 0.1) is 5.92 Å². The Hall–Kier alpha value is -1.43. The number of hydrogen-bond donors (Lipinski definition) is 2. The molecule has 3 N–H and O–H groups in total. The van der Waals surface area contributed by atoms with Gasteiger partial charge in [-0.25, -0.2) is 0 Å². The molecule has 1 aromatic rings. The molecule has 2 rings (SSSR count). The van der Waals surface area contributed by atoms with Crippen LogP contribution < -0.4 is 11.1 Å². The van der Waals surface area contributed by atoms with Crippen LogP contribution in [0.5, 0.6) is 0 Å². The second-order valence-corrected chi connectivity index (χ2v) is 7.56. The van der Waals surface area contributed by atoms with E-state index in [9.17, 15) is 4.79 Å². The lowest BCUT2D eigenvalue weighted by Gasteiger charge is -2.33. The van der Waals surface area contributed by atoms with Crippen LogP contribution in [0.2, 0.25) is 0 Å². The topological polar surface area (TPSA) is 61.6 Å². The van der Waals surface area contributed by atoms with E-state index in [-0.39, 0.29) is 17.9 Å². The highest BCUT2D eigenvalue weighted by molar-refractivity contribution is 5.79. The van der Waals surface area contributed by atoms with Gasteiger partial charge in [0.15, 0.2) is 0 Å². The number of piperidine rings is 1. The number of benzene rings is 1. The zero-order valence-electron chi connectivity index (χ0n) is 15.9. The maximum absolute atomic E-state index is 12.4. The van der Waals surface area contributed by atoms with E-state index in [1.807, 2.05) is 37.3 Å². The smallest absolute Gasteiger partial charge is 0.224 e. The van der Waals surface area contributed by atoms with Crippen LogP contribution in [0.25, 0.3) is 0 Å². The van der Waals surface area contributed by atoms with Crippen LogP contribution in [-0.2, 0) is 4.79 Å². The zero-order chi connectivity index (χ0) is 18.2. The highest BCUT2D eigenvalue weighted by atomic mass is 16.1. The SMILES string of the molecule is CC(C(=O)NCC1CCN(CCN(C)C)CC1)C(N)c1ccccc1. The van der Waals surface area contributed by atoms with Crippen LogP contribution in [-0.4, -0.2) is 62.5 Å². The molecular weight excluding hydrogens is 312 g/mol. The van der Waals surface area contributed by atoms with Crippen LogP contribution >= 0.6 is 0 Å². The fraction of sp³-hybridized carbons (Fsp3) is 0.650. The van der Waals surface area contributed by atoms with Crippen LogP contribution in [0.4, 0.5) is 0 Å². The number of nitrogens with one attached hydrogen (secondary N) is 1. The second kappa shape index (κ2) is 9.90. The van der Waals surface area contributed by atoms with Crippen LogP contribution in [0.1, 0.15) is 31.4 Å². The number of amides is 1. The minimum Gasteiger partial charge on any atom is -0.356 e. The van der Waals surface area contributed by atoms with Crippen LogP contribution in [0.15, 0.2) is 30.3 Å².